The summed E-state index contributed by atoms with van der Waals surface area (Å²) in [7, 11) is 2.21. The topological polar surface area (TPSA) is 34.0 Å². The highest BCUT2D eigenvalue weighted by molar-refractivity contribution is 5.55. The van der Waals surface area contributed by atoms with Gasteiger partial charge in [-0.1, -0.05) is 6.92 Å². The van der Waals surface area contributed by atoms with E-state index in [2.05, 4.69) is 51.8 Å². The van der Waals surface area contributed by atoms with Crippen molar-refractivity contribution < 1.29 is 0 Å². The average molecular weight is 284 g/mol. The molecule has 112 valence electrons. The van der Waals surface area contributed by atoms with Gasteiger partial charge < -0.3 is 4.90 Å². The van der Waals surface area contributed by atoms with Crippen LogP contribution in [0.3, 0.4) is 0 Å². The fourth-order valence-electron chi connectivity index (χ4n) is 3.21. The maximum Gasteiger partial charge on any atom is 0.0885 e. The van der Waals surface area contributed by atoms with Crippen LogP contribution in [0.4, 0.5) is 0 Å². The molecular weight excluding hydrogens is 260 g/mol. The van der Waals surface area contributed by atoms with E-state index in [1.54, 1.807) is 0 Å². The SMILES string of the molecule is CCCn1nccc1-c1cc(C[C@H]2CCN(C)C2)ccn1. The van der Waals surface area contributed by atoms with Crippen molar-refractivity contribution in [1.29, 1.82) is 0 Å². The van der Waals surface area contributed by atoms with Gasteiger partial charge in [-0.15, -0.1) is 0 Å². The molecule has 0 N–H and O–H groups in total. The highest BCUT2D eigenvalue weighted by atomic mass is 15.3. The quantitative estimate of drug-likeness (QED) is 0.846. The predicted octanol–water partition coefficient (Wildman–Crippen LogP) is 2.85. The molecular formula is C17H24N4. The summed E-state index contributed by atoms with van der Waals surface area (Å²) in [6.45, 7) is 5.56. The number of pyridine rings is 1. The number of aromatic nitrogens is 3. The first kappa shape index (κ1) is 14.3. The molecule has 4 heteroatoms. The van der Waals surface area contributed by atoms with E-state index in [9.17, 15) is 0 Å². The lowest BCUT2D eigenvalue weighted by Crippen LogP contribution is -2.15. The van der Waals surface area contributed by atoms with E-state index in [0.29, 0.717) is 0 Å². The molecule has 1 aliphatic rings. The van der Waals surface area contributed by atoms with Gasteiger partial charge in [-0.3, -0.25) is 9.67 Å². The average Bonchev–Trinajstić information content (AvgIpc) is 3.09. The van der Waals surface area contributed by atoms with Crippen molar-refractivity contribution >= 4 is 0 Å². The van der Waals surface area contributed by atoms with Crippen molar-refractivity contribution in [2.75, 3.05) is 20.1 Å². The number of aryl methyl sites for hydroxylation is 1. The number of rotatable bonds is 5. The lowest BCUT2D eigenvalue weighted by Gasteiger charge is -2.11. The normalized spacial score (nSPS) is 19.2. The minimum Gasteiger partial charge on any atom is -0.306 e. The van der Waals surface area contributed by atoms with Gasteiger partial charge in [0.15, 0.2) is 0 Å². The molecule has 1 aliphatic heterocycles. The van der Waals surface area contributed by atoms with Gasteiger partial charge in [-0.2, -0.15) is 5.10 Å². The van der Waals surface area contributed by atoms with Crippen LogP contribution in [0.25, 0.3) is 11.4 Å². The summed E-state index contributed by atoms with van der Waals surface area (Å²) in [4.78, 5) is 6.96. The molecule has 0 bridgehead atoms. The number of hydrogen-bond acceptors (Lipinski definition) is 3. The van der Waals surface area contributed by atoms with Gasteiger partial charge in [-0.05, 0) is 62.5 Å². The molecule has 3 heterocycles. The van der Waals surface area contributed by atoms with Crippen molar-refractivity contribution in [1.82, 2.24) is 19.7 Å². The third kappa shape index (κ3) is 3.32. The summed E-state index contributed by atoms with van der Waals surface area (Å²) in [5.74, 6) is 0.783. The van der Waals surface area contributed by atoms with Gasteiger partial charge in [0, 0.05) is 25.5 Å². The third-order valence-electron chi connectivity index (χ3n) is 4.25. The zero-order valence-electron chi connectivity index (χ0n) is 13.0. The molecule has 1 fully saturated rings. The van der Waals surface area contributed by atoms with Crippen molar-refractivity contribution in [3.05, 3.63) is 36.2 Å². The van der Waals surface area contributed by atoms with Crippen LogP contribution in [-0.4, -0.2) is 39.8 Å². The Morgan fingerprint density at radius 2 is 2.19 bits per heavy atom. The zero-order valence-corrected chi connectivity index (χ0v) is 13.0. The first-order valence-electron chi connectivity index (χ1n) is 7.92. The summed E-state index contributed by atoms with van der Waals surface area (Å²) in [5, 5.41) is 4.40. The minimum absolute atomic E-state index is 0.783. The maximum atomic E-state index is 4.54. The van der Waals surface area contributed by atoms with E-state index in [1.165, 1.54) is 25.1 Å². The van der Waals surface area contributed by atoms with Crippen molar-refractivity contribution in [2.24, 2.45) is 5.92 Å². The summed E-state index contributed by atoms with van der Waals surface area (Å²) in [6, 6.07) is 6.45. The molecule has 0 spiro atoms. The van der Waals surface area contributed by atoms with Gasteiger partial charge in [0.25, 0.3) is 0 Å². The van der Waals surface area contributed by atoms with Gasteiger partial charge in [0.2, 0.25) is 0 Å². The Balaban J connectivity index is 1.78. The van der Waals surface area contributed by atoms with Gasteiger partial charge in [-0.25, -0.2) is 0 Å². The lowest BCUT2D eigenvalue weighted by atomic mass is 9.98. The van der Waals surface area contributed by atoms with E-state index in [1.807, 2.05) is 12.4 Å². The fourth-order valence-corrected chi connectivity index (χ4v) is 3.21. The van der Waals surface area contributed by atoms with Crippen LogP contribution in [0.2, 0.25) is 0 Å². The standard InChI is InChI=1S/C17H24N4/c1-3-9-21-17(5-8-19-21)16-12-14(4-7-18-16)11-15-6-10-20(2)13-15/h4-5,7-8,12,15H,3,6,9-11,13H2,1-2H3/t15-/m1/s1. The summed E-state index contributed by atoms with van der Waals surface area (Å²) in [6.07, 6.45) is 7.35. The lowest BCUT2D eigenvalue weighted by molar-refractivity contribution is 0.394. The molecule has 2 aromatic heterocycles. The van der Waals surface area contributed by atoms with E-state index in [-0.39, 0.29) is 0 Å². The molecule has 4 nitrogen and oxygen atoms in total. The van der Waals surface area contributed by atoms with Crippen LogP contribution >= 0.6 is 0 Å². The Morgan fingerprint density at radius 3 is 2.95 bits per heavy atom. The first-order chi connectivity index (χ1) is 10.3. The summed E-state index contributed by atoms with van der Waals surface area (Å²) >= 11 is 0. The fraction of sp³-hybridized carbons (Fsp3) is 0.529. The summed E-state index contributed by atoms with van der Waals surface area (Å²) in [5.41, 5.74) is 3.57. The van der Waals surface area contributed by atoms with Crippen molar-refractivity contribution in [2.45, 2.75) is 32.7 Å². The molecule has 0 aromatic carbocycles. The Hall–Kier alpha value is -1.68. The second-order valence-electron chi connectivity index (χ2n) is 6.11. The van der Waals surface area contributed by atoms with Gasteiger partial charge in [0.05, 0.1) is 11.4 Å². The van der Waals surface area contributed by atoms with E-state index in [0.717, 1.165) is 36.7 Å². The largest absolute Gasteiger partial charge is 0.306 e. The Bertz CT molecular complexity index is 590. The predicted molar refractivity (Wildman–Crippen MR) is 85.1 cm³/mol. The van der Waals surface area contributed by atoms with Crippen LogP contribution < -0.4 is 0 Å². The van der Waals surface area contributed by atoms with E-state index in [4.69, 9.17) is 0 Å². The van der Waals surface area contributed by atoms with Crippen LogP contribution in [-0.2, 0) is 13.0 Å². The molecule has 1 saturated heterocycles. The second-order valence-corrected chi connectivity index (χ2v) is 6.11. The summed E-state index contributed by atoms with van der Waals surface area (Å²) < 4.78 is 2.05. The minimum atomic E-state index is 0.783. The molecule has 3 rings (SSSR count). The van der Waals surface area contributed by atoms with Crippen molar-refractivity contribution in [3.8, 4) is 11.4 Å². The van der Waals surface area contributed by atoms with E-state index < -0.39 is 0 Å². The number of likely N-dealkylation sites (tertiary alicyclic amines) is 1. The Morgan fingerprint density at radius 1 is 1.29 bits per heavy atom. The smallest absolute Gasteiger partial charge is 0.0885 e. The number of nitrogens with zero attached hydrogens (tertiary/aromatic N) is 4. The molecule has 0 unspecified atom stereocenters. The zero-order chi connectivity index (χ0) is 14.7. The molecule has 0 saturated carbocycles. The van der Waals surface area contributed by atoms with Crippen LogP contribution in [0, 0.1) is 5.92 Å². The molecule has 0 aliphatic carbocycles. The molecule has 0 amide bonds. The van der Waals surface area contributed by atoms with Crippen LogP contribution in [0.15, 0.2) is 30.6 Å². The Kier molecular flexibility index (Phi) is 4.34. The number of hydrogen-bond donors (Lipinski definition) is 0. The van der Waals surface area contributed by atoms with Crippen LogP contribution in [0.5, 0.6) is 0 Å². The highest BCUT2D eigenvalue weighted by Crippen LogP contribution is 2.23. The monoisotopic (exact) mass is 284 g/mol. The van der Waals surface area contributed by atoms with Crippen molar-refractivity contribution in [3.63, 3.8) is 0 Å². The molecule has 2 aromatic rings. The van der Waals surface area contributed by atoms with Gasteiger partial charge in [0.1, 0.15) is 0 Å². The highest BCUT2D eigenvalue weighted by Gasteiger charge is 2.19. The maximum absolute atomic E-state index is 4.54. The third-order valence-corrected chi connectivity index (χ3v) is 4.25. The van der Waals surface area contributed by atoms with Gasteiger partial charge >= 0.3 is 0 Å². The van der Waals surface area contributed by atoms with E-state index >= 15 is 0 Å². The Labute approximate surface area is 126 Å². The molecule has 21 heavy (non-hydrogen) atoms. The first-order valence-corrected chi connectivity index (χ1v) is 7.92. The molecule has 0 radical (unpaired) electrons. The molecule has 1 atom stereocenters. The second kappa shape index (κ2) is 6.39. The van der Waals surface area contributed by atoms with Crippen LogP contribution in [0.1, 0.15) is 25.3 Å².